The summed E-state index contributed by atoms with van der Waals surface area (Å²) in [5, 5.41) is 1.28. The Bertz CT molecular complexity index is 293. The van der Waals surface area contributed by atoms with Gasteiger partial charge in [-0.3, -0.25) is 0 Å². The highest BCUT2D eigenvalue weighted by atomic mass is 32.1. The second-order valence-corrected chi connectivity index (χ2v) is 4.76. The lowest BCUT2D eigenvalue weighted by Gasteiger charge is -2.18. The van der Waals surface area contributed by atoms with E-state index in [0.29, 0.717) is 5.92 Å². The first-order valence-electron chi connectivity index (χ1n) is 5.03. The van der Waals surface area contributed by atoms with Crippen LogP contribution in [-0.2, 0) is 12.8 Å². The minimum Gasteiger partial charge on any atom is -0.330 e. The molecule has 0 saturated heterocycles. The number of nitrogens with zero attached hydrogens (tertiary/aromatic N) is 1. The van der Waals surface area contributed by atoms with Crippen molar-refractivity contribution < 1.29 is 0 Å². The van der Waals surface area contributed by atoms with Gasteiger partial charge in [-0.25, -0.2) is 4.98 Å². The van der Waals surface area contributed by atoms with E-state index >= 15 is 0 Å². The third kappa shape index (κ3) is 1.63. The molecule has 1 atom stereocenters. The van der Waals surface area contributed by atoms with Gasteiger partial charge in [0, 0.05) is 17.3 Å². The molecule has 1 aliphatic carbocycles. The van der Waals surface area contributed by atoms with Crippen molar-refractivity contribution in [2.75, 3.05) is 6.54 Å². The van der Waals surface area contributed by atoms with E-state index in [1.807, 2.05) is 11.3 Å². The molecule has 1 aliphatic rings. The summed E-state index contributed by atoms with van der Waals surface area (Å²) in [5.41, 5.74) is 7.05. The molecule has 0 radical (unpaired) electrons. The number of hydrogen-bond acceptors (Lipinski definition) is 3. The maximum Gasteiger partial charge on any atom is 0.0928 e. The first kappa shape index (κ1) is 9.16. The summed E-state index contributed by atoms with van der Waals surface area (Å²) in [6, 6.07) is 0. The monoisotopic (exact) mass is 196 g/mol. The molecule has 0 saturated carbocycles. The highest BCUT2D eigenvalue weighted by Crippen LogP contribution is 2.34. The molecule has 0 aromatic carbocycles. The van der Waals surface area contributed by atoms with Crippen LogP contribution in [0.4, 0.5) is 0 Å². The van der Waals surface area contributed by atoms with Crippen molar-refractivity contribution in [3.8, 4) is 0 Å². The van der Waals surface area contributed by atoms with Crippen LogP contribution in [0.1, 0.15) is 41.3 Å². The SMILES string of the molecule is CCc1nc2c(s1)CCCC2CN. The molecule has 3 heteroatoms. The summed E-state index contributed by atoms with van der Waals surface area (Å²) < 4.78 is 0. The van der Waals surface area contributed by atoms with Gasteiger partial charge in [-0.2, -0.15) is 0 Å². The highest BCUT2D eigenvalue weighted by Gasteiger charge is 2.22. The fourth-order valence-electron chi connectivity index (χ4n) is 1.94. The number of nitrogens with two attached hydrogens (primary N) is 1. The standard InChI is InChI=1S/C10H16N2S/c1-2-9-12-10-7(6-11)4-3-5-8(10)13-9/h7H,2-6,11H2,1H3. The van der Waals surface area contributed by atoms with E-state index in [9.17, 15) is 0 Å². The van der Waals surface area contributed by atoms with Crippen LogP contribution in [-0.4, -0.2) is 11.5 Å². The molecule has 2 N–H and O–H groups in total. The second kappa shape index (κ2) is 3.76. The molecule has 0 aliphatic heterocycles. The van der Waals surface area contributed by atoms with Crippen molar-refractivity contribution in [1.29, 1.82) is 0 Å². The Hall–Kier alpha value is -0.410. The molecular weight excluding hydrogens is 180 g/mol. The summed E-state index contributed by atoms with van der Waals surface area (Å²) >= 11 is 1.89. The zero-order valence-corrected chi connectivity index (χ0v) is 8.86. The van der Waals surface area contributed by atoms with Crippen LogP contribution in [0.2, 0.25) is 0 Å². The van der Waals surface area contributed by atoms with Crippen LogP contribution < -0.4 is 5.73 Å². The highest BCUT2D eigenvalue weighted by molar-refractivity contribution is 7.11. The minimum absolute atomic E-state index is 0.542. The summed E-state index contributed by atoms with van der Waals surface area (Å²) in [7, 11) is 0. The van der Waals surface area contributed by atoms with Crippen molar-refractivity contribution in [1.82, 2.24) is 4.98 Å². The Kier molecular flexibility index (Phi) is 2.65. The number of thiazole rings is 1. The van der Waals surface area contributed by atoms with Gasteiger partial charge in [0.15, 0.2) is 0 Å². The topological polar surface area (TPSA) is 38.9 Å². The molecule has 1 aromatic heterocycles. The van der Waals surface area contributed by atoms with Crippen molar-refractivity contribution in [3.05, 3.63) is 15.6 Å². The predicted octanol–water partition coefficient (Wildman–Crippen LogP) is 2.08. The first-order valence-corrected chi connectivity index (χ1v) is 5.85. The van der Waals surface area contributed by atoms with E-state index in [-0.39, 0.29) is 0 Å². The third-order valence-corrected chi connectivity index (χ3v) is 3.98. The summed E-state index contributed by atoms with van der Waals surface area (Å²) in [5.74, 6) is 0.542. The summed E-state index contributed by atoms with van der Waals surface area (Å²) in [4.78, 5) is 6.16. The van der Waals surface area contributed by atoms with Crippen LogP contribution in [0, 0.1) is 0 Å². The number of rotatable bonds is 2. The van der Waals surface area contributed by atoms with Crippen molar-refractivity contribution >= 4 is 11.3 Å². The van der Waals surface area contributed by atoms with E-state index in [0.717, 1.165) is 13.0 Å². The van der Waals surface area contributed by atoms with Crippen LogP contribution in [0.5, 0.6) is 0 Å². The molecule has 1 aromatic rings. The fraction of sp³-hybridized carbons (Fsp3) is 0.700. The molecular formula is C10H16N2S. The van der Waals surface area contributed by atoms with E-state index in [1.54, 1.807) is 0 Å². The molecule has 72 valence electrons. The van der Waals surface area contributed by atoms with Crippen molar-refractivity contribution in [3.63, 3.8) is 0 Å². The predicted molar refractivity (Wildman–Crippen MR) is 56.2 cm³/mol. The molecule has 0 fully saturated rings. The maximum atomic E-state index is 5.73. The summed E-state index contributed by atoms with van der Waals surface area (Å²) in [6.45, 7) is 2.93. The largest absolute Gasteiger partial charge is 0.330 e. The average molecular weight is 196 g/mol. The molecule has 0 amide bonds. The lowest BCUT2D eigenvalue weighted by Crippen LogP contribution is -2.17. The lowest BCUT2D eigenvalue weighted by atomic mass is 9.91. The van der Waals surface area contributed by atoms with Gasteiger partial charge < -0.3 is 5.73 Å². The normalized spacial score (nSPS) is 21.5. The van der Waals surface area contributed by atoms with Gasteiger partial charge in [-0.05, 0) is 25.7 Å². The molecule has 2 rings (SSSR count). The Morgan fingerprint density at radius 2 is 2.46 bits per heavy atom. The summed E-state index contributed by atoms with van der Waals surface area (Å²) in [6.07, 6.45) is 4.81. The van der Waals surface area contributed by atoms with Crippen LogP contribution in [0.25, 0.3) is 0 Å². The zero-order chi connectivity index (χ0) is 9.26. The minimum atomic E-state index is 0.542. The van der Waals surface area contributed by atoms with Crippen molar-refractivity contribution in [2.24, 2.45) is 5.73 Å². The number of aromatic nitrogens is 1. The van der Waals surface area contributed by atoms with E-state index in [2.05, 4.69) is 11.9 Å². The fourth-order valence-corrected chi connectivity index (χ4v) is 3.07. The van der Waals surface area contributed by atoms with E-state index in [4.69, 9.17) is 5.73 Å². The molecule has 1 heterocycles. The lowest BCUT2D eigenvalue weighted by molar-refractivity contribution is 0.553. The molecule has 2 nitrogen and oxygen atoms in total. The van der Waals surface area contributed by atoms with Gasteiger partial charge >= 0.3 is 0 Å². The van der Waals surface area contributed by atoms with Crippen LogP contribution >= 0.6 is 11.3 Å². The Balaban J connectivity index is 2.32. The molecule has 0 bridgehead atoms. The first-order chi connectivity index (χ1) is 6.35. The van der Waals surface area contributed by atoms with Gasteiger partial charge in [-0.1, -0.05) is 6.92 Å². The van der Waals surface area contributed by atoms with Gasteiger partial charge in [0.1, 0.15) is 0 Å². The smallest absolute Gasteiger partial charge is 0.0928 e. The Morgan fingerprint density at radius 1 is 1.62 bits per heavy atom. The number of fused-ring (bicyclic) bond motifs is 1. The van der Waals surface area contributed by atoms with Gasteiger partial charge in [0.25, 0.3) is 0 Å². The van der Waals surface area contributed by atoms with Gasteiger partial charge in [0.05, 0.1) is 10.7 Å². The number of hydrogen-bond donors (Lipinski definition) is 1. The third-order valence-electron chi connectivity index (χ3n) is 2.70. The van der Waals surface area contributed by atoms with E-state index in [1.165, 1.54) is 34.8 Å². The van der Waals surface area contributed by atoms with Crippen LogP contribution in [0.15, 0.2) is 0 Å². The Labute approximate surface area is 83.2 Å². The second-order valence-electron chi connectivity index (χ2n) is 3.59. The van der Waals surface area contributed by atoms with Gasteiger partial charge in [-0.15, -0.1) is 11.3 Å². The van der Waals surface area contributed by atoms with Gasteiger partial charge in [0.2, 0.25) is 0 Å². The van der Waals surface area contributed by atoms with Crippen molar-refractivity contribution in [2.45, 2.75) is 38.5 Å². The average Bonchev–Trinajstić information content (AvgIpc) is 2.59. The Morgan fingerprint density at radius 3 is 3.15 bits per heavy atom. The van der Waals surface area contributed by atoms with Crippen LogP contribution in [0.3, 0.4) is 0 Å². The molecule has 13 heavy (non-hydrogen) atoms. The molecule has 1 unspecified atom stereocenters. The molecule has 0 spiro atoms. The number of aryl methyl sites for hydroxylation is 2. The zero-order valence-electron chi connectivity index (χ0n) is 8.05. The quantitative estimate of drug-likeness (QED) is 0.786. The maximum absolute atomic E-state index is 5.73. The van der Waals surface area contributed by atoms with E-state index < -0.39 is 0 Å².